The number of hydrogen-bond donors (Lipinski definition) is 2. The highest BCUT2D eigenvalue weighted by molar-refractivity contribution is 4.87. The highest BCUT2D eigenvalue weighted by Crippen LogP contribution is 2.30. The maximum atomic E-state index is 6.05. The molecule has 0 aromatic carbocycles. The Kier molecular flexibility index (Phi) is 3.57. The topological polar surface area (TPSA) is 33.3 Å². The van der Waals surface area contributed by atoms with E-state index in [9.17, 15) is 0 Å². The van der Waals surface area contributed by atoms with Crippen molar-refractivity contribution < 1.29 is 4.74 Å². The predicted molar refractivity (Wildman–Crippen MR) is 66.4 cm³/mol. The summed E-state index contributed by atoms with van der Waals surface area (Å²) in [7, 11) is 0. The first-order chi connectivity index (χ1) is 7.49. The number of piperidine rings is 1. The molecule has 3 heteroatoms. The molecule has 3 nitrogen and oxygen atoms in total. The summed E-state index contributed by atoms with van der Waals surface area (Å²) >= 11 is 0. The van der Waals surface area contributed by atoms with Crippen LogP contribution in [0.3, 0.4) is 0 Å². The van der Waals surface area contributed by atoms with Gasteiger partial charge in [-0.2, -0.15) is 0 Å². The van der Waals surface area contributed by atoms with E-state index in [0.29, 0.717) is 0 Å². The van der Waals surface area contributed by atoms with Crippen LogP contribution < -0.4 is 10.6 Å². The van der Waals surface area contributed by atoms with Gasteiger partial charge in [0.05, 0.1) is 6.61 Å². The van der Waals surface area contributed by atoms with Gasteiger partial charge in [0.2, 0.25) is 0 Å². The van der Waals surface area contributed by atoms with E-state index in [-0.39, 0.29) is 11.1 Å². The quantitative estimate of drug-likeness (QED) is 0.752. The lowest BCUT2D eigenvalue weighted by Gasteiger charge is -2.44. The molecule has 1 atom stereocenters. The summed E-state index contributed by atoms with van der Waals surface area (Å²) in [6.07, 6.45) is 3.75. The van der Waals surface area contributed by atoms with Gasteiger partial charge in [-0.05, 0) is 45.2 Å². The molecule has 2 saturated heterocycles. The fraction of sp³-hybridized carbons (Fsp3) is 1.00. The molecular weight excluding hydrogens is 200 g/mol. The van der Waals surface area contributed by atoms with Crippen LogP contribution in [0.5, 0.6) is 0 Å². The van der Waals surface area contributed by atoms with Gasteiger partial charge in [-0.1, -0.05) is 13.8 Å². The molecule has 0 radical (unpaired) electrons. The smallest absolute Gasteiger partial charge is 0.116 e. The van der Waals surface area contributed by atoms with Crippen LogP contribution in [0.1, 0.15) is 40.0 Å². The number of hydrogen-bond acceptors (Lipinski definition) is 3. The second-order valence-electron chi connectivity index (χ2n) is 6.43. The summed E-state index contributed by atoms with van der Waals surface area (Å²) in [5, 5.41) is 7.01. The van der Waals surface area contributed by atoms with Crippen LogP contribution in [0.15, 0.2) is 0 Å². The average molecular weight is 226 g/mol. The summed E-state index contributed by atoms with van der Waals surface area (Å²) in [5.74, 6) is 0.819. The first kappa shape index (κ1) is 12.3. The van der Waals surface area contributed by atoms with E-state index in [1.807, 2.05) is 0 Å². The van der Waals surface area contributed by atoms with Gasteiger partial charge in [0.25, 0.3) is 0 Å². The lowest BCUT2D eigenvalue weighted by molar-refractivity contribution is -0.137. The molecule has 16 heavy (non-hydrogen) atoms. The van der Waals surface area contributed by atoms with Crippen molar-refractivity contribution in [3.8, 4) is 0 Å². The molecule has 0 aromatic rings. The molecule has 2 N–H and O–H groups in total. The highest BCUT2D eigenvalue weighted by atomic mass is 16.5. The number of rotatable bonds is 2. The molecule has 0 aliphatic carbocycles. The summed E-state index contributed by atoms with van der Waals surface area (Å²) < 4.78 is 6.05. The average Bonchev–Trinajstić information content (AvgIpc) is 2.25. The van der Waals surface area contributed by atoms with Crippen LogP contribution in [0.25, 0.3) is 0 Å². The molecular formula is C13H26N2O. The first-order valence-electron chi connectivity index (χ1n) is 6.59. The van der Waals surface area contributed by atoms with Crippen molar-refractivity contribution in [2.45, 2.75) is 45.8 Å². The van der Waals surface area contributed by atoms with E-state index in [1.165, 1.54) is 25.9 Å². The Bertz CT molecular complexity index is 224. The van der Waals surface area contributed by atoms with Crippen molar-refractivity contribution in [1.29, 1.82) is 0 Å². The van der Waals surface area contributed by atoms with E-state index >= 15 is 0 Å². The molecule has 2 aliphatic heterocycles. The molecule has 2 rings (SSSR count). The largest absolute Gasteiger partial charge is 0.360 e. The van der Waals surface area contributed by atoms with Gasteiger partial charge in [-0.3, -0.25) is 5.32 Å². The molecule has 2 aliphatic rings. The maximum absolute atomic E-state index is 6.05. The Balaban J connectivity index is 1.84. The van der Waals surface area contributed by atoms with E-state index in [1.54, 1.807) is 0 Å². The Morgan fingerprint density at radius 1 is 1.19 bits per heavy atom. The van der Waals surface area contributed by atoms with Gasteiger partial charge < -0.3 is 10.1 Å². The van der Waals surface area contributed by atoms with Gasteiger partial charge in [-0.25, -0.2) is 0 Å². The molecule has 2 heterocycles. The van der Waals surface area contributed by atoms with Crippen LogP contribution in [-0.4, -0.2) is 32.0 Å². The fourth-order valence-corrected chi connectivity index (χ4v) is 2.65. The normalized spacial score (nSPS) is 36.2. The Labute approximate surface area is 99.3 Å². The Morgan fingerprint density at radius 3 is 2.44 bits per heavy atom. The third-order valence-corrected chi connectivity index (χ3v) is 3.86. The Morgan fingerprint density at radius 2 is 1.88 bits per heavy atom. The second kappa shape index (κ2) is 4.63. The molecule has 2 fully saturated rings. The highest BCUT2D eigenvalue weighted by Gasteiger charge is 2.36. The zero-order chi connectivity index (χ0) is 11.6. The van der Waals surface area contributed by atoms with E-state index in [4.69, 9.17) is 4.74 Å². The predicted octanol–water partition coefficient (Wildman–Crippen LogP) is 1.74. The van der Waals surface area contributed by atoms with E-state index in [0.717, 1.165) is 25.5 Å². The second-order valence-corrected chi connectivity index (χ2v) is 6.43. The summed E-state index contributed by atoms with van der Waals surface area (Å²) in [5.41, 5.74) is 0.200. The minimum Gasteiger partial charge on any atom is -0.360 e. The van der Waals surface area contributed by atoms with Crippen LogP contribution in [0, 0.1) is 11.3 Å². The monoisotopic (exact) mass is 226 g/mol. The lowest BCUT2D eigenvalue weighted by atomic mass is 9.86. The minimum atomic E-state index is -0.0858. The van der Waals surface area contributed by atoms with Crippen LogP contribution in [0.4, 0.5) is 0 Å². The summed E-state index contributed by atoms with van der Waals surface area (Å²) in [6, 6.07) is 0. The fourth-order valence-electron chi connectivity index (χ4n) is 2.65. The SMILES string of the molecule is CC1(C)CNC(C)(CC2CCNCC2)OC1. The zero-order valence-corrected chi connectivity index (χ0v) is 10.9. The number of ether oxygens (including phenoxy) is 1. The molecule has 0 amide bonds. The first-order valence-corrected chi connectivity index (χ1v) is 6.59. The zero-order valence-electron chi connectivity index (χ0n) is 10.9. The van der Waals surface area contributed by atoms with Crippen molar-refractivity contribution in [3.05, 3.63) is 0 Å². The standard InChI is InChI=1S/C13H26N2O/c1-12(2)9-15-13(3,16-10-12)8-11-4-6-14-7-5-11/h11,14-15H,4-10H2,1-3H3. The number of nitrogens with one attached hydrogen (secondary N) is 2. The maximum Gasteiger partial charge on any atom is 0.116 e. The van der Waals surface area contributed by atoms with Crippen LogP contribution in [-0.2, 0) is 4.74 Å². The van der Waals surface area contributed by atoms with E-state index < -0.39 is 0 Å². The van der Waals surface area contributed by atoms with Crippen molar-refractivity contribution in [2.24, 2.45) is 11.3 Å². The molecule has 0 saturated carbocycles. The van der Waals surface area contributed by atoms with Crippen LogP contribution >= 0.6 is 0 Å². The van der Waals surface area contributed by atoms with Crippen molar-refractivity contribution in [2.75, 3.05) is 26.2 Å². The molecule has 94 valence electrons. The van der Waals surface area contributed by atoms with Crippen molar-refractivity contribution in [1.82, 2.24) is 10.6 Å². The Hall–Kier alpha value is -0.120. The summed E-state index contributed by atoms with van der Waals surface area (Å²) in [4.78, 5) is 0. The van der Waals surface area contributed by atoms with Gasteiger partial charge in [-0.15, -0.1) is 0 Å². The third-order valence-electron chi connectivity index (χ3n) is 3.86. The molecule has 0 spiro atoms. The minimum absolute atomic E-state index is 0.0858. The van der Waals surface area contributed by atoms with Crippen molar-refractivity contribution in [3.63, 3.8) is 0 Å². The summed E-state index contributed by atoms with van der Waals surface area (Å²) in [6.45, 7) is 11.0. The van der Waals surface area contributed by atoms with Crippen LogP contribution in [0.2, 0.25) is 0 Å². The van der Waals surface area contributed by atoms with Gasteiger partial charge >= 0.3 is 0 Å². The third kappa shape index (κ3) is 3.19. The molecule has 0 aromatic heterocycles. The molecule has 1 unspecified atom stereocenters. The van der Waals surface area contributed by atoms with Gasteiger partial charge in [0.15, 0.2) is 0 Å². The van der Waals surface area contributed by atoms with Gasteiger partial charge in [0.1, 0.15) is 5.72 Å². The van der Waals surface area contributed by atoms with Gasteiger partial charge in [0, 0.05) is 12.0 Å². The van der Waals surface area contributed by atoms with Crippen molar-refractivity contribution >= 4 is 0 Å². The van der Waals surface area contributed by atoms with E-state index in [2.05, 4.69) is 31.4 Å². The molecule has 0 bridgehead atoms. The lowest BCUT2D eigenvalue weighted by Crippen LogP contribution is -2.56.